The molecule has 0 saturated carbocycles. The van der Waals surface area contributed by atoms with Crippen molar-refractivity contribution in [2.24, 2.45) is 0 Å². The fraction of sp³-hybridized carbons (Fsp3) is 0.118. The number of aromatic hydroxyl groups is 1. The van der Waals surface area contributed by atoms with E-state index >= 15 is 0 Å². The molecule has 0 aliphatic carbocycles. The van der Waals surface area contributed by atoms with Gasteiger partial charge in [0.1, 0.15) is 5.75 Å². The average Bonchev–Trinajstić information content (AvgIpc) is 2.46. The van der Waals surface area contributed by atoms with E-state index in [4.69, 9.17) is 0 Å². The Morgan fingerprint density at radius 3 is 2.37 bits per heavy atom. The summed E-state index contributed by atoms with van der Waals surface area (Å²) in [6.07, 6.45) is 2.08. The third-order valence-corrected chi connectivity index (χ3v) is 3.12. The van der Waals surface area contributed by atoms with Crippen molar-refractivity contribution in [1.82, 2.24) is 0 Å². The Morgan fingerprint density at radius 2 is 1.74 bits per heavy atom. The summed E-state index contributed by atoms with van der Waals surface area (Å²) in [7, 11) is 0. The molecule has 96 valence electrons. The van der Waals surface area contributed by atoms with Gasteiger partial charge in [0, 0.05) is 12.3 Å². The smallest absolute Gasteiger partial charge is 0.167 e. The zero-order valence-corrected chi connectivity index (χ0v) is 10.6. The van der Waals surface area contributed by atoms with Crippen LogP contribution in [-0.2, 0) is 0 Å². The summed E-state index contributed by atoms with van der Waals surface area (Å²) in [5.74, 6) is -0.0801. The summed E-state index contributed by atoms with van der Waals surface area (Å²) in [4.78, 5) is 12.2. The molecule has 19 heavy (non-hydrogen) atoms. The van der Waals surface area contributed by atoms with Crippen LogP contribution in [0, 0.1) is 0 Å². The Morgan fingerprint density at radius 1 is 1.11 bits per heavy atom. The van der Waals surface area contributed by atoms with Crippen molar-refractivity contribution < 1.29 is 9.90 Å². The van der Waals surface area contributed by atoms with Crippen molar-refractivity contribution in [1.29, 1.82) is 0 Å². The van der Waals surface area contributed by atoms with Gasteiger partial charge in [-0.2, -0.15) is 0 Å². The van der Waals surface area contributed by atoms with Crippen LogP contribution < -0.4 is 0 Å². The first-order valence-corrected chi connectivity index (χ1v) is 6.21. The van der Waals surface area contributed by atoms with Crippen molar-refractivity contribution in [3.05, 3.63) is 78.4 Å². The first-order chi connectivity index (χ1) is 9.22. The molecule has 0 bridgehead atoms. The molecule has 2 heteroatoms. The SMILES string of the molecule is C=C[C@H](CC(=O)c1ccccc1O)c1ccccc1. The minimum absolute atomic E-state index is 0.0309. The van der Waals surface area contributed by atoms with Gasteiger partial charge in [-0.3, -0.25) is 4.79 Å². The lowest BCUT2D eigenvalue weighted by Gasteiger charge is -2.12. The van der Waals surface area contributed by atoms with Gasteiger partial charge in [0.2, 0.25) is 0 Å². The number of carbonyl (C=O) groups excluding carboxylic acids is 1. The van der Waals surface area contributed by atoms with Gasteiger partial charge in [0.25, 0.3) is 0 Å². The van der Waals surface area contributed by atoms with Crippen molar-refractivity contribution in [2.75, 3.05) is 0 Å². The number of phenols is 1. The predicted molar refractivity (Wildman–Crippen MR) is 76.4 cm³/mol. The Balaban J connectivity index is 2.18. The summed E-state index contributed by atoms with van der Waals surface area (Å²) in [6, 6.07) is 16.4. The lowest BCUT2D eigenvalue weighted by atomic mass is 9.91. The van der Waals surface area contributed by atoms with Crippen molar-refractivity contribution in [2.45, 2.75) is 12.3 Å². The molecule has 2 nitrogen and oxygen atoms in total. The van der Waals surface area contributed by atoms with Gasteiger partial charge in [-0.05, 0) is 17.7 Å². The molecule has 0 saturated heterocycles. The molecule has 0 aliphatic rings. The Bertz CT molecular complexity index is 573. The highest BCUT2D eigenvalue weighted by Crippen LogP contribution is 2.25. The number of para-hydroxylation sites is 1. The lowest BCUT2D eigenvalue weighted by Crippen LogP contribution is -2.06. The standard InChI is InChI=1S/C17H16O2/c1-2-13(14-8-4-3-5-9-14)12-17(19)15-10-6-7-11-16(15)18/h2-11,13,18H,1,12H2/t13-/m1/s1. The Labute approximate surface area is 113 Å². The van der Waals surface area contributed by atoms with Crippen LogP contribution in [0.1, 0.15) is 28.3 Å². The first-order valence-electron chi connectivity index (χ1n) is 6.21. The molecule has 0 heterocycles. The lowest BCUT2D eigenvalue weighted by molar-refractivity contribution is 0.0976. The second kappa shape index (κ2) is 6.01. The summed E-state index contributed by atoms with van der Waals surface area (Å²) < 4.78 is 0. The highest BCUT2D eigenvalue weighted by molar-refractivity contribution is 5.99. The zero-order valence-electron chi connectivity index (χ0n) is 10.6. The highest BCUT2D eigenvalue weighted by Gasteiger charge is 2.16. The number of phenolic OH excluding ortho intramolecular Hbond substituents is 1. The second-order valence-electron chi connectivity index (χ2n) is 4.40. The first kappa shape index (κ1) is 13.1. The van der Waals surface area contributed by atoms with E-state index < -0.39 is 0 Å². The molecule has 2 rings (SSSR count). The minimum atomic E-state index is -0.0770. The number of hydrogen-bond donors (Lipinski definition) is 1. The summed E-state index contributed by atoms with van der Waals surface area (Å²) in [6.45, 7) is 3.79. The normalized spacial score (nSPS) is 11.8. The molecule has 2 aromatic carbocycles. The van der Waals surface area contributed by atoms with E-state index in [-0.39, 0.29) is 17.5 Å². The van der Waals surface area contributed by atoms with Crippen LogP contribution in [0.4, 0.5) is 0 Å². The number of benzene rings is 2. The molecular weight excluding hydrogens is 236 g/mol. The van der Waals surface area contributed by atoms with E-state index in [0.717, 1.165) is 5.56 Å². The van der Waals surface area contributed by atoms with E-state index in [0.29, 0.717) is 12.0 Å². The van der Waals surface area contributed by atoms with Gasteiger partial charge >= 0.3 is 0 Å². The molecule has 0 fully saturated rings. The Kier molecular flexibility index (Phi) is 4.14. The van der Waals surface area contributed by atoms with Gasteiger partial charge in [0.15, 0.2) is 5.78 Å². The minimum Gasteiger partial charge on any atom is -0.507 e. The predicted octanol–water partition coefficient (Wildman–Crippen LogP) is 3.93. The van der Waals surface area contributed by atoms with Crippen LogP contribution in [0.15, 0.2) is 67.3 Å². The quantitative estimate of drug-likeness (QED) is 0.646. The molecule has 1 N–H and O–H groups in total. The van der Waals surface area contributed by atoms with Gasteiger partial charge in [-0.25, -0.2) is 0 Å². The van der Waals surface area contributed by atoms with E-state index in [1.54, 1.807) is 24.3 Å². The van der Waals surface area contributed by atoms with Gasteiger partial charge < -0.3 is 5.11 Å². The van der Waals surface area contributed by atoms with Crippen LogP contribution in [0.3, 0.4) is 0 Å². The van der Waals surface area contributed by atoms with E-state index in [2.05, 4.69) is 6.58 Å². The van der Waals surface area contributed by atoms with Gasteiger partial charge in [-0.1, -0.05) is 48.5 Å². The molecule has 0 unspecified atom stereocenters. The van der Waals surface area contributed by atoms with Crippen LogP contribution in [-0.4, -0.2) is 10.9 Å². The molecule has 0 spiro atoms. The maximum Gasteiger partial charge on any atom is 0.167 e. The molecule has 2 aromatic rings. The fourth-order valence-electron chi connectivity index (χ4n) is 2.06. The van der Waals surface area contributed by atoms with Crippen molar-refractivity contribution in [3.63, 3.8) is 0 Å². The number of carbonyl (C=O) groups is 1. The fourth-order valence-corrected chi connectivity index (χ4v) is 2.06. The van der Waals surface area contributed by atoms with Crippen LogP contribution in [0.5, 0.6) is 5.75 Å². The average molecular weight is 252 g/mol. The molecule has 0 amide bonds. The second-order valence-corrected chi connectivity index (χ2v) is 4.40. The zero-order chi connectivity index (χ0) is 13.7. The van der Waals surface area contributed by atoms with Crippen LogP contribution in [0.2, 0.25) is 0 Å². The summed E-state index contributed by atoms with van der Waals surface area (Å²) in [5.41, 5.74) is 1.42. The third-order valence-electron chi connectivity index (χ3n) is 3.12. The summed E-state index contributed by atoms with van der Waals surface area (Å²) in [5, 5.41) is 9.69. The van der Waals surface area contributed by atoms with E-state index in [1.807, 2.05) is 30.3 Å². The number of hydrogen-bond acceptors (Lipinski definition) is 2. The Hall–Kier alpha value is -2.35. The third kappa shape index (κ3) is 3.10. The maximum absolute atomic E-state index is 12.2. The van der Waals surface area contributed by atoms with Crippen molar-refractivity contribution in [3.8, 4) is 5.75 Å². The number of Topliss-reactive ketones (excluding diaryl/α,β-unsaturated/α-hetero) is 1. The van der Waals surface area contributed by atoms with Crippen LogP contribution >= 0.6 is 0 Å². The van der Waals surface area contributed by atoms with Crippen LogP contribution in [0.25, 0.3) is 0 Å². The molecular formula is C17H16O2. The van der Waals surface area contributed by atoms with Crippen molar-refractivity contribution >= 4 is 5.78 Å². The van der Waals surface area contributed by atoms with E-state index in [1.165, 1.54) is 6.07 Å². The molecule has 0 aliphatic heterocycles. The number of rotatable bonds is 5. The number of allylic oxidation sites excluding steroid dienone is 1. The molecule has 0 radical (unpaired) electrons. The molecule has 0 aromatic heterocycles. The molecule has 1 atom stereocenters. The maximum atomic E-state index is 12.2. The monoisotopic (exact) mass is 252 g/mol. The largest absolute Gasteiger partial charge is 0.507 e. The van der Waals surface area contributed by atoms with Gasteiger partial charge in [0.05, 0.1) is 5.56 Å². The van der Waals surface area contributed by atoms with Gasteiger partial charge in [-0.15, -0.1) is 6.58 Å². The summed E-state index contributed by atoms with van der Waals surface area (Å²) >= 11 is 0. The number of ketones is 1. The van der Waals surface area contributed by atoms with E-state index in [9.17, 15) is 9.90 Å². The highest BCUT2D eigenvalue weighted by atomic mass is 16.3. The topological polar surface area (TPSA) is 37.3 Å².